The highest BCUT2D eigenvalue weighted by Gasteiger charge is 2.03. The van der Waals surface area contributed by atoms with Gasteiger partial charge >= 0.3 is 0 Å². The maximum Gasteiger partial charge on any atom is 0.145 e. The molecule has 0 saturated heterocycles. The summed E-state index contributed by atoms with van der Waals surface area (Å²) >= 11 is 0. The molecule has 0 unspecified atom stereocenters. The molecule has 0 aliphatic carbocycles. The molecule has 1 aromatic carbocycles. The Morgan fingerprint density at radius 3 is 2.80 bits per heavy atom. The van der Waals surface area contributed by atoms with Crippen LogP contribution < -0.4 is 4.74 Å². The van der Waals surface area contributed by atoms with Crippen LogP contribution >= 0.6 is 0 Å². The van der Waals surface area contributed by atoms with E-state index >= 15 is 0 Å². The van der Waals surface area contributed by atoms with E-state index in [1.54, 1.807) is 6.20 Å². The van der Waals surface area contributed by atoms with Crippen molar-refractivity contribution in [2.45, 2.75) is 13.8 Å². The molecule has 2 rings (SSSR count). The number of aromatic nitrogens is 1. The summed E-state index contributed by atoms with van der Waals surface area (Å²) in [6.07, 6.45) is 1.80. The van der Waals surface area contributed by atoms with Crippen LogP contribution in [0.25, 0.3) is 10.9 Å². The number of ether oxygens (including phenoxy) is 1. The number of nitrogens with zero attached hydrogens (tertiary/aromatic N) is 1. The van der Waals surface area contributed by atoms with Crippen LogP contribution in [0, 0.1) is 5.92 Å². The van der Waals surface area contributed by atoms with Gasteiger partial charge in [0.1, 0.15) is 11.3 Å². The molecule has 2 aromatic rings. The first-order valence-electron chi connectivity index (χ1n) is 5.24. The molecule has 0 radical (unpaired) electrons. The van der Waals surface area contributed by atoms with Gasteiger partial charge in [0.25, 0.3) is 0 Å². The average Bonchev–Trinajstić information content (AvgIpc) is 2.26. The van der Waals surface area contributed by atoms with Gasteiger partial charge in [-0.15, -0.1) is 0 Å². The Hall–Kier alpha value is -1.57. The first kappa shape index (κ1) is 9.97. The molecule has 78 valence electrons. The number of pyridine rings is 1. The third kappa shape index (κ3) is 2.27. The Balaban J connectivity index is 2.34. The summed E-state index contributed by atoms with van der Waals surface area (Å²) < 4.78 is 5.72. The molecule has 1 heterocycles. The molecule has 0 saturated carbocycles. The second kappa shape index (κ2) is 4.30. The number of hydrogen-bond donors (Lipinski definition) is 0. The summed E-state index contributed by atoms with van der Waals surface area (Å²) in [7, 11) is 0. The molecular formula is C13H15NO. The van der Waals surface area contributed by atoms with E-state index in [1.807, 2.05) is 30.3 Å². The minimum absolute atomic E-state index is 0.531. The Bertz CT molecular complexity index is 446. The van der Waals surface area contributed by atoms with Crippen molar-refractivity contribution in [3.8, 4) is 5.75 Å². The molecule has 0 spiro atoms. The Morgan fingerprint density at radius 2 is 2.00 bits per heavy atom. The maximum absolute atomic E-state index is 5.72. The summed E-state index contributed by atoms with van der Waals surface area (Å²) in [5.74, 6) is 1.41. The fraction of sp³-hybridized carbons (Fsp3) is 0.308. The van der Waals surface area contributed by atoms with E-state index in [0.29, 0.717) is 5.92 Å². The van der Waals surface area contributed by atoms with E-state index in [0.717, 1.165) is 23.3 Å². The van der Waals surface area contributed by atoms with Crippen LogP contribution in [0.5, 0.6) is 5.75 Å². The van der Waals surface area contributed by atoms with Crippen LogP contribution in [0.3, 0.4) is 0 Å². The molecule has 0 bridgehead atoms. The van der Waals surface area contributed by atoms with Crippen molar-refractivity contribution in [3.63, 3.8) is 0 Å². The Kier molecular flexibility index (Phi) is 2.86. The first-order valence-corrected chi connectivity index (χ1v) is 5.24. The molecule has 0 atom stereocenters. The van der Waals surface area contributed by atoms with Crippen LogP contribution in [0.4, 0.5) is 0 Å². The van der Waals surface area contributed by atoms with Gasteiger partial charge in [-0.25, -0.2) is 0 Å². The zero-order chi connectivity index (χ0) is 10.7. The van der Waals surface area contributed by atoms with Gasteiger partial charge < -0.3 is 4.74 Å². The highest BCUT2D eigenvalue weighted by Crippen LogP contribution is 2.23. The lowest BCUT2D eigenvalue weighted by Gasteiger charge is -2.10. The molecule has 2 nitrogen and oxygen atoms in total. The number of fused-ring (bicyclic) bond motifs is 1. The predicted molar refractivity (Wildman–Crippen MR) is 62.1 cm³/mol. The lowest BCUT2D eigenvalue weighted by molar-refractivity contribution is 0.273. The number of para-hydroxylation sites is 1. The van der Waals surface area contributed by atoms with Crippen LogP contribution in [0.1, 0.15) is 13.8 Å². The van der Waals surface area contributed by atoms with Gasteiger partial charge in [0.05, 0.1) is 6.61 Å². The van der Waals surface area contributed by atoms with Crippen LogP contribution in [-0.4, -0.2) is 11.6 Å². The van der Waals surface area contributed by atoms with Crippen molar-refractivity contribution in [1.29, 1.82) is 0 Å². The summed E-state index contributed by atoms with van der Waals surface area (Å²) in [5, 5.41) is 1.12. The van der Waals surface area contributed by atoms with Crippen LogP contribution in [0.2, 0.25) is 0 Å². The van der Waals surface area contributed by atoms with Gasteiger partial charge in [-0.2, -0.15) is 0 Å². The summed E-state index contributed by atoms with van der Waals surface area (Å²) in [6, 6.07) is 10.0. The fourth-order valence-electron chi connectivity index (χ4n) is 1.45. The SMILES string of the molecule is CC(C)COc1cccc2cccnc12. The second-order valence-electron chi connectivity index (χ2n) is 4.04. The van der Waals surface area contributed by atoms with Crippen molar-refractivity contribution in [2.75, 3.05) is 6.61 Å². The van der Waals surface area contributed by atoms with Crippen molar-refractivity contribution >= 4 is 10.9 Å². The molecule has 0 fully saturated rings. The number of hydrogen-bond acceptors (Lipinski definition) is 2. The Labute approximate surface area is 89.9 Å². The standard InChI is InChI=1S/C13H15NO/c1-10(2)9-15-12-7-3-5-11-6-4-8-14-13(11)12/h3-8,10H,9H2,1-2H3. The average molecular weight is 201 g/mol. The van der Waals surface area contributed by atoms with Gasteiger partial charge in [-0.05, 0) is 18.1 Å². The van der Waals surface area contributed by atoms with E-state index in [2.05, 4.69) is 18.8 Å². The predicted octanol–water partition coefficient (Wildman–Crippen LogP) is 3.27. The van der Waals surface area contributed by atoms with Gasteiger partial charge in [0, 0.05) is 11.6 Å². The summed E-state index contributed by atoms with van der Waals surface area (Å²) in [5.41, 5.74) is 0.945. The Morgan fingerprint density at radius 1 is 1.20 bits per heavy atom. The first-order chi connectivity index (χ1) is 7.27. The molecule has 0 aliphatic rings. The minimum Gasteiger partial charge on any atom is -0.491 e. The quantitative estimate of drug-likeness (QED) is 0.760. The normalized spacial score (nSPS) is 10.9. The third-order valence-corrected chi connectivity index (χ3v) is 2.17. The lowest BCUT2D eigenvalue weighted by atomic mass is 10.2. The van der Waals surface area contributed by atoms with Crippen molar-refractivity contribution in [1.82, 2.24) is 4.98 Å². The van der Waals surface area contributed by atoms with Crippen molar-refractivity contribution in [2.24, 2.45) is 5.92 Å². The van der Waals surface area contributed by atoms with Crippen molar-refractivity contribution in [3.05, 3.63) is 36.5 Å². The van der Waals surface area contributed by atoms with E-state index < -0.39 is 0 Å². The highest BCUT2D eigenvalue weighted by atomic mass is 16.5. The molecule has 1 aromatic heterocycles. The summed E-state index contributed by atoms with van der Waals surface area (Å²) in [6.45, 7) is 5.01. The third-order valence-electron chi connectivity index (χ3n) is 2.17. The molecule has 0 N–H and O–H groups in total. The number of benzene rings is 1. The lowest BCUT2D eigenvalue weighted by Crippen LogP contribution is -2.04. The molecule has 15 heavy (non-hydrogen) atoms. The van der Waals surface area contributed by atoms with E-state index in [-0.39, 0.29) is 0 Å². The van der Waals surface area contributed by atoms with E-state index in [4.69, 9.17) is 4.74 Å². The maximum atomic E-state index is 5.72. The fourth-order valence-corrected chi connectivity index (χ4v) is 1.45. The zero-order valence-corrected chi connectivity index (χ0v) is 9.10. The molecule has 0 aliphatic heterocycles. The van der Waals surface area contributed by atoms with E-state index in [9.17, 15) is 0 Å². The van der Waals surface area contributed by atoms with Crippen LogP contribution in [-0.2, 0) is 0 Å². The minimum atomic E-state index is 0.531. The van der Waals surface area contributed by atoms with Crippen molar-refractivity contribution < 1.29 is 4.74 Å². The van der Waals surface area contributed by atoms with Gasteiger partial charge in [-0.3, -0.25) is 4.98 Å². The van der Waals surface area contributed by atoms with Gasteiger partial charge in [-0.1, -0.05) is 32.0 Å². The largest absolute Gasteiger partial charge is 0.491 e. The topological polar surface area (TPSA) is 22.1 Å². The molecule has 2 heteroatoms. The smallest absolute Gasteiger partial charge is 0.145 e. The van der Waals surface area contributed by atoms with Gasteiger partial charge in [0.2, 0.25) is 0 Å². The molecular weight excluding hydrogens is 186 g/mol. The van der Waals surface area contributed by atoms with Gasteiger partial charge in [0.15, 0.2) is 0 Å². The second-order valence-corrected chi connectivity index (χ2v) is 4.04. The van der Waals surface area contributed by atoms with E-state index in [1.165, 1.54) is 0 Å². The summed E-state index contributed by atoms with van der Waals surface area (Å²) in [4.78, 5) is 4.33. The molecule has 0 amide bonds. The van der Waals surface area contributed by atoms with Crippen LogP contribution in [0.15, 0.2) is 36.5 Å². The highest BCUT2D eigenvalue weighted by molar-refractivity contribution is 5.84. The number of rotatable bonds is 3. The zero-order valence-electron chi connectivity index (χ0n) is 9.10. The monoisotopic (exact) mass is 201 g/mol.